The number of aromatic hydroxyl groups is 1. The maximum absolute atomic E-state index is 9.36. The molecule has 3 aromatic rings. The van der Waals surface area contributed by atoms with Gasteiger partial charge in [0.25, 0.3) is 0 Å². The van der Waals surface area contributed by atoms with E-state index in [9.17, 15) is 5.11 Å². The minimum atomic E-state index is 0.259. The van der Waals surface area contributed by atoms with Crippen LogP contribution in [0.3, 0.4) is 0 Å². The third kappa shape index (κ3) is 5.42. The van der Waals surface area contributed by atoms with Gasteiger partial charge in [0.2, 0.25) is 0 Å². The zero-order chi connectivity index (χ0) is 19.1. The summed E-state index contributed by atoms with van der Waals surface area (Å²) in [5, 5.41) is 12.7. The van der Waals surface area contributed by atoms with Crippen molar-refractivity contribution in [2.24, 2.45) is 0 Å². The Bertz CT molecular complexity index is 858. The van der Waals surface area contributed by atoms with E-state index in [4.69, 9.17) is 9.47 Å². The van der Waals surface area contributed by atoms with Crippen molar-refractivity contribution in [3.05, 3.63) is 83.4 Å². The molecule has 0 saturated carbocycles. The van der Waals surface area contributed by atoms with Gasteiger partial charge < -0.3 is 19.9 Å². The van der Waals surface area contributed by atoms with Crippen molar-refractivity contribution >= 4 is 5.69 Å². The van der Waals surface area contributed by atoms with Crippen LogP contribution in [-0.4, -0.2) is 11.7 Å². The minimum absolute atomic E-state index is 0.259. The lowest BCUT2D eigenvalue weighted by Gasteiger charge is -2.14. The molecule has 0 aliphatic heterocycles. The van der Waals surface area contributed by atoms with E-state index < -0.39 is 0 Å². The summed E-state index contributed by atoms with van der Waals surface area (Å²) >= 11 is 0. The smallest absolute Gasteiger partial charge is 0.161 e. The number of hydrogen-bond donors (Lipinski definition) is 2. The number of hydrogen-bond acceptors (Lipinski definition) is 4. The van der Waals surface area contributed by atoms with Gasteiger partial charge in [0.15, 0.2) is 11.5 Å². The molecule has 0 heterocycles. The third-order valence-corrected chi connectivity index (χ3v) is 4.19. The van der Waals surface area contributed by atoms with E-state index in [1.807, 2.05) is 37.3 Å². The maximum atomic E-state index is 9.36. The largest absolute Gasteiger partial charge is 0.508 e. The Balaban J connectivity index is 1.66. The number of phenolic OH excluding ortho intramolecular Hbond substituents is 1. The number of benzene rings is 3. The van der Waals surface area contributed by atoms with Crippen molar-refractivity contribution < 1.29 is 14.6 Å². The van der Waals surface area contributed by atoms with Gasteiger partial charge in [-0.3, -0.25) is 0 Å². The molecule has 27 heavy (non-hydrogen) atoms. The summed E-state index contributed by atoms with van der Waals surface area (Å²) in [6, 6.07) is 21.3. The zero-order valence-electron chi connectivity index (χ0n) is 15.7. The molecule has 0 spiro atoms. The monoisotopic (exact) mass is 363 g/mol. The molecule has 0 fully saturated rings. The number of nitrogens with one attached hydrogen (secondary N) is 1. The standard InChI is InChI=1S/C23H25NO3/c1-3-26-23-14-19(15-24-20-9-11-21(25)12-10-20)8-13-22(23)27-16-18-6-4-17(2)5-7-18/h4-14,24-25H,3,15-16H2,1-2H3. The second kappa shape index (κ2) is 8.99. The molecule has 0 atom stereocenters. The molecule has 3 rings (SSSR count). The molecule has 0 aliphatic carbocycles. The molecule has 0 aliphatic rings. The van der Waals surface area contributed by atoms with Crippen molar-refractivity contribution in [1.82, 2.24) is 0 Å². The summed E-state index contributed by atoms with van der Waals surface area (Å²) in [4.78, 5) is 0. The van der Waals surface area contributed by atoms with Crippen LogP contribution in [0.4, 0.5) is 5.69 Å². The van der Waals surface area contributed by atoms with Gasteiger partial charge in [0.05, 0.1) is 6.61 Å². The molecular weight excluding hydrogens is 338 g/mol. The van der Waals surface area contributed by atoms with Crippen molar-refractivity contribution in [3.8, 4) is 17.2 Å². The lowest BCUT2D eigenvalue weighted by Crippen LogP contribution is -2.03. The topological polar surface area (TPSA) is 50.7 Å². The van der Waals surface area contributed by atoms with Gasteiger partial charge >= 0.3 is 0 Å². The van der Waals surface area contributed by atoms with E-state index in [2.05, 4.69) is 36.5 Å². The Kier molecular flexibility index (Phi) is 6.21. The first-order chi connectivity index (χ1) is 13.1. The SMILES string of the molecule is CCOc1cc(CNc2ccc(O)cc2)ccc1OCc1ccc(C)cc1. The van der Waals surface area contributed by atoms with Crippen LogP contribution in [-0.2, 0) is 13.2 Å². The molecule has 0 saturated heterocycles. The van der Waals surface area contributed by atoms with Crippen molar-refractivity contribution in [2.45, 2.75) is 27.0 Å². The summed E-state index contributed by atoms with van der Waals surface area (Å²) in [6.45, 7) is 5.78. The number of aryl methyl sites for hydroxylation is 1. The van der Waals surface area contributed by atoms with Crippen molar-refractivity contribution in [1.29, 1.82) is 0 Å². The van der Waals surface area contributed by atoms with E-state index in [-0.39, 0.29) is 5.75 Å². The van der Waals surface area contributed by atoms with Crippen molar-refractivity contribution in [3.63, 3.8) is 0 Å². The predicted molar refractivity (Wildman–Crippen MR) is 109 cm³/mol. The van der Waals surface area contributed by atoms with Crippen LogP contribution in [0.15, 0.2) is 66.7 Å². The first-order valence-corrected chi connectivity index (χ1v) is 9.11. The van der Waals surface area contributed by atoms with Crippen LogP contribution in [0.2, 0.25) is 0 Å². The highest BCUT2D eigenvalue weighted by Crippen LogP contribution is 2.29. The molecule has 4 heteroatoms. The maximum Gasteiger partial charge on any atom is 0.161 e. The quantitative estimate of drug-likeness (QED) is 0.534. The molecular formula is C23H25NO3. The number of phenols is 1. The lowest BCUT2D eigenvalue weighted by atomic mass is 10.1. The third-order valence-electron chi connectivity index (χ3n) is 4.19. The first kappa shape index (κ1) is 18.6. The van der Waals surface area contributed by atoms with E-state index in [1.165, 1.54) is 5.56 Å². The Hall–Kier alpha value is -3.14. The van der Waals surface area contributed by atoms with E-state index >= 15 is 0 Å². The molecule has 3 aromatic carbocycles. The van der Waals surface area contributed by atoms with Crippen molar-refractivity contribution in [2.75, 3.05) is 11.9 Å². The normalized spacial score (nSPS) is 10.4. The van der Waals surface area contributed by atoms with Crippen LogP contribution >= 0.6 is 0 Å². The fraction of sp³-hybridized carbons (Fsp3) is 0.217. The second-order valence-corrected chi connectivity index (χ2v) is 6.39. The van der Waals surface area contributed by atoms with E-state index in [0.717, 1.165) is 28.3 Å². The number of ether oxygens (including phenoxy) is 2. The molecule has 0 radical (unpaired) electrons. The fourth-order valence-corrected chi connectivity index (χ4v) is 2.68. The van der Waals surface area contributed by atoms with Crippen LogP contribution in [0.1, 0.15) is 23.6 Å². The van der Waals surface area contributed by atoms with Gasteiger partial charge in [-0.15, -0.1) is 0 Å². The van der Waals surface area contributed by atoms with Gasteiger partial charge in [-0.2, -0.15) is 0 Å². The fourth-order valence-electron chi connectivity index (χ4n) is 2.68. The highest BCUT2D eigenvalue weighted by atomic mass is 16.5. The summed E-state index contributed by atoms with van der Waals surface area (Å²) in [5.41, 5.74) is 4.40. The average molecular weight is 363 g/mol. The van der Waals surface area contributed by atoms with Gasteiger partial charge in [-0.25, -0.2) is 0 Å². The molecule has 2 N–H and O–H groups in total. The molecule has 0 amide bonds. The van der Waals surface area contributed by atoms with Crippen LogP contribution in [0.25, 0.3) is 0 Å². The Morgan fingerprint density at radius 3 is 2.22 bits per heavy atom. The molecule has 0 bridgehead atoms. The second-order valence-electron chi connectivity index (χ2n) is 6.39. The molecule has 0 aromatic heterocycles. The summed E-state index contributed by atoms with van der Waals surface area (Å²) < 4.78 is 11.7. The lowest BCUT2D eigenvalue weighted by molar-refractivity contribution is 0.269. The van der Waals surface area contributed by atoms with Gasteiger partial charge in [0.1, 0.15) is 12.4 Å². The summed E-state index contributed by atoms with van der Waals surface area (Å²) in [5.74, 6) is 1.75. The number of anilines is 1. The first-order valence-electron chi connectivity index (χ1n) is 9.11. The minimum Gasteiger partial charge on any atom is -0.508 e. The average Bonchev–Trinajstić information content (AvgIpc) is 2.68. The molecule has 0 unspecified atom stereocenters. The van der Waals surface area contributed by atoms with Gasteiger partial charge in [-0.1, -0.05) is 35.9 Å². The zero-order valence-corrected chi connectivity index (χ0v) is 15.7. The Labute approximate surface area is 160 Å². The van der Waals surface area contributed by atoms with Crippen LogP contribution < -0.4 is 14.8 Å². The Morgan fingerprint density at radius 2 is 1.52 bits per heavy atom. The van der Waals surface area contributed by atoms with E-state index in [1.54, 1.807) is 12.1 Å². The highest BCUT2D eigenvalue weighted by Gasteiger charge is 2.07. The summed E-state index contributed by atoms with van der Waals surface area (Å²) in [7, 11) is 0. The van der Waals surface area contributed by atoms with Crippen LogP contribution in [0.5, 0.6) is 17.2 Å². The van der Waals surface area contributed by atoms with E-state index in [0.29, 0.717) is 19.8 Å². The van der Waals surface area contributed by atoms with Gasteiger partial charge in [0, 0.05) is 12.2 Å². The molecule has 140 valence electrons. The summed E-state index contributed by atoms with van der Waals surface area (Å²) in [6.07, 6.45) is 0. The molecule has 4 nitrogen and oxygen atoms in total. The number of rotatable bonds is 8. The predicted octanol–water partition coefficient (Wildman–Crippen LogP) is 5.29. The highest BCUT2D eigenvalue weighted by molar-refractivity contribution is 5.48. The van der Waals surface area contributed by atoms with Crippen LogP contribution in [0, 0.1) is 6.92 Å². The Morgan fingerprint density at radius 1 is 0.815 bits per heavy atom. The van der Waals surface area contributed by atoms with Gasteiger partial charge in [-0.05, 0) is 61.4 Å².